The molecule has 0 fully saturated rings. The van der Waals surface area contributed by atoms with Gasteiger partial charge < -0.3 is 15.4 Å². The first-order valence-electron chi connectivity index (χ1n) is 6.74. The van der Waals surface area contributed by atoms with E-state index in [2.05, 4.69) is 38.7 Å². The van der Waals surface area contributed by atoms with E-state index in [1.807, 2.05) is 19.1 Å². The maximum Gasteiger partial charge on any atom is 0.123 e. The van der Waals surface area contributed by atoms with Crippen molar-refractivity contribution in [3.05, 3.63) is 18.2 Å². The van der Waals surface area contributed by atoms with Crippen molar-refractivity contribution in [3.8, 4) is 5.75 Å². The third kappa shape index (κ3) is 4.13. The average Bonchev–Trinajstić information content (AvgIpc) is 2.24. The molecule has 2 N–H and O–H groups in total. The standard InChI is InChI=1S/C15H26N2O/c1-6-18-15-8-13(16)7-14(9-15)17(12(4)5)10-11(2)3/h7-9,11-12H,6,10,16H2,1-5H3. The highest BCUT2D eigenvalue weighted by Gasteiger charge is 2.13. The van der Waals surface area contributed by atoms with Crippen LogP contribution in [0.1, 0.15) is 34.6 Å². The van der Waals surface area contributed by atoms with Gasteiger partial charge in [0.1, 0.15) is 5.75 Å². The molecule has 0 aliphatic heterocycles. The molecule has 0 heterocycles. The van der Waals surface area contributed by atoms with E-state index in [0.717, 1.165) is 23.7 Å². The summed E-state index contributed by atoms with van der Waals surface area (Å²) in [6.45, 7) is 12.5. The average molecular weight is 250 g/mol. The number of hydrogen-bond donors (Lipinski definition) is 1. The van der Waals surface area contributed by atoms with E-state index in [1.165, 1.54) is 0 Å². The second-order valence-electron chi connectivity index (χ2n) is 5.33. The molecule has 0 bridgehead atoms. The Kier molecular flexibility index (Phi) is 5.32. The fraction of sp³-hybridized carbons (Fsp3) is 0.600. The molecule has 0 aliphatic carbocycles. The first-order chi connectivity index (χ1) is 8.43. The number of benzene rings is 1. The summed E-state index contributed by atoms with van der Waals surface area (Å²) in [7, 11) is 0. The third-order valence-corrected chi connectivity index (χ3v) is 2.74. The van der Waals surface area contributed by atoms with Crippen LogP contribution in [0.25, 0.3) is 0 Å². The molecule has 1 aromatic rings. The number of nitrogens with zero attached hydrogens (tertiary/aromatic N) is 1. The van der Waals surface area contributed by atoms with Crippen LogP contribution in [0.5, 0.6) is 5.75 Å². The lowest BCUT2D eigenvalue weighted by molar-refractivity contribution is 0.340. The molecule has 0 atom stereocenters. The number of hydrogen-bond acceptors (Lipinski definition) is 3. The number of anilines is 2. The van der Waals surface area contributed by atoms with Crippen LogP contribution in [0, 0.1) is 5.92 Å². The quantitative estimate of drug-likeness (QED) is 0.785. The molecule has 1 aromatic carbocycles. The Morgan fingerprint density at radius 3 is 2.33 bits per heavy atom. The molecule has 0 amide bonds. The summed E-state index contributed by atoms with van der Waals surface area (Å²) in [6, 6.07) is 6.41. The van der Waals surface area contributed by atoms with Crippen LogP contribution in [0.4, 0.5) is 11.4 Å². The minimum atomic E-state index is 0.448. The fourth-order valence-corrected chi connectivity index (χ4v) is 2.03. The van der Waals surface area contributed by atoms with Gasteiger partial charge in [0.05, 0.1) is 6.61 Å². The summed E-state index contributed by atoms with van der Waals surface area (Å²) < 4.78 is 5.56. The molecule has 0 saturated heterocycles. The molecule has 1 rings (SSSR count). The number of nitrogen functional groups attached to an aromatic ring is 1. The second kappa shape index (κ2) is 6.53. The van der Waals surface area contributed by atoms with Crippen molar-refractivity contribution in [3.63, 3.8) is 0 Å². The van der Waals surface area contributed by atoms with Crippen LogP contribution in [-0.4, -0.2) is 19.2 Å². The molecule has 102 valence electrons. The minimum Gasteiger partial charge on any atom is -0.494 e. The Hall–Kier alpha value is -1.38. The Labute approximate surface area is 111 Å². The largest absolute Gasteiger partial charge is 0.494 e. The maximum atomic E-state index is 5.95. The van der Waals surface area contributed by atoms with Crippen LogP contribution >= 0.6 is 0 Å². The van der Waals surface area contributed by atoms with E-state index in [0.29, 0.717) is 18.6 Å². The van der Waals surface area contributed by atoms with Crippen LogP contribution in [0.3, 0.4) is 0 Å². The van der Waals surface area contributed by atoms with E-state index in [9.17, 15) is 0 Å². The second-order valence-corrected chi connectivity index (χ2v) is 5.33. The monoisotopic (exact) mass is 250 g/mol. The summed E-state index contributed by atoms with van der Waals surface area (Å²) in [5.74, 6) is 1.46. The van der Waals surface area contributed by atoms with Crippen molar-refractivity contribution in [1.82, 2.24) is 0 Å². The van der Waals surface area contributed by atoms with Crippen LogP contribution in [0.15, 0.2) is 18.2 Å². The molecule has 3 nitrogen and oxygen atoms in total. The molecule has 18 heavy (non-hydrogen) atoms. The molecule has 0 unspecified atom stereocenters. The van der Waals surface area contributed by atoms with Gasteiger partial charge in [-0.2, -0.15) is 0 Å². The SMILES string of the molecule is CCOc1cc(N)cc(N(CC(C)C)C(C)C)c1. The van der Waals surface area contributed by atoms with Gasteiger partial charge in [0.25, 0.3) is 0 Å². The third-order valence-electron chi connectivity index (χ3n) is 2.74. The molecular weight excluding hydrogens is 224 g/mol. The first-order valence-corrected chi connectivity index (χ1v) is 6.74. The van der Waals surface area contributed by atoms with Gasteiger partial charge in [-0.1, -0.05) is 13.8 Å². The molecule has 0 spiro atoms. The molecule has 0 aliphatic rings. The molecule has 3 heteroatoms. The van der Waals surface area contributed by atoms with Gasteiger partial charge in [-0.25, -0.2) is 0 Å². The highest BCUT2D eigenvalue weighted by molar-refractivity contribution is 5.61. The predicted molar refractivity (Wildman–Crippen MR) is 79.3 cm³/mol. The highest BCUT2D eigenvalue weighted by Crippen LogP contribution is 2.27. The summed E-state index contributed by atoms with van der Waals surface area (Å²) in [4.78, 5) is 2.36. The smallest absolute Gasteiger partial charge is 0.123 e. The molecule has 0 saturated carbocycles. The van der Waals surface area contributed by atoms with Gasteiger partial charge in [0, 0.05) is 36.1 Å². The van der Waals surface area contributed by atoms with E-state index < -0.39 is 0 Å². The van der Waals surface area contributed by atoms with Crippen molar-refractivity contribution in [1.29, 1.82) is 0 Å². The van der Waals surface area contributed by atoms with Crippen molar-refractivity contribution in [2.45, 2.75) is 40.7 Å². The van der Waals surface area contributed by atoms with E-state index in [1.54, 1.807) is 0 Å². The van der Waals surface area contributed by atoms with Crippen molar-refractivity contribution in [2.24, 2.45) is 5.92 Å². The van der Waals surface area contributed by atoms with Crippen LogP contribution in [-0.2, 0) is 0 Å². The van der Waals surface area contributed by atoms with Gasteiger partial charge in [-0.15, -0.1) is 0 Å². The maximum absolute atomic E-state index is 5.95. The van der Waals surface area contributed by atoms with Gasteiger partial charge >= 0.3 is 0 Å². The Morgan fingerprint density at radius 2 is 1.83 bits per heavy atom. The van der Waals surface area contributed by atoms with Gasteiger partial charge in [-0.3, -0.25) is 0 Å². The normalized spacial score (nSPS) is 11.1. The number of ether oxygens (including phenoxy) is 1. The molecule has 0 radical (unpaired) electrons. The summed E-state index contributed by atoms with van der Waals surface area (Å²) in [5.41, 5.74) is 7.85. The minimum absolute atomic E-state index is 0.448. The van der Waals surface area contributed by atoms with Crippen molar-refractivity contribution in [2.75, 3.05) is 23.8 Å². The van der Waals surface area contributed by atoms with Crippen LogP contribution in [0.2, 0.25) is 0 Å². The lowest BCUT2D eigenvalue weighted by Crippen LogP contribution is -2.34. The lowest BCUT2D eigenvalue weighted by Gasteiger charge is -2.31. The fourth-order valence-electron chi connectivity index (χ4n) is 2.03. The number of nitrogens with two attached hydrogens (primary N) is 1. The van der Waals surface area contributed by atoms with Gasteiger partial charge in [0.15, 0.2) is 0 Å². The molecular formula is C15H26N2O. The Bertz CT molecular complexity index is 375. The zero-order valence-electron chi connectivity index (χ0n) is 12.2. The van der Waals surface area contributed by atoms with E-state index in [-0.39, 0.29) is 0 Å². The zero-order valence-corrected chi connectivity index (χ0v) is 12.2. The molecule has 0 aromatic heterocycles. The summed E-state index contributed by atoms with van der Waals surface area (Å²) in [6.07, 6.45) is 0. The van der Waals surface area contributed by atoms with E-state index in [4.69, 9.17) is 10.5 Å². The Morgan fingerprint density at radius 1 is 1.17 bits per heavy atom. The van der Waals surface area contributed by atoms with Crippen molar-refractivity contribution >= 4 is 11.4 Å². The van der Waals surface area contributed by atoms with Crippen molar-refractivity contribution < 1.29 is 4.74 Å². The first kappa shape index (κ1) is 14.7. The zero-order chi connectivity index (χ0) is 13.7. The van der Waals surface area contributed by atoms with Crippen LogP contribution < -0.4 is 15.4 Å². The number of rotatable bonds is 6. The summed E-state index contributed by atoms with van der Waals surface area (Å²) >= 11 is 0. The lowest BCUT2D eigenvalue weighted by atomic mass is 10.1. The van der Waals surface area contributed by atoms with E-state index >= 15 is 0 Å². The Balaban J connectivity index is 3.03. The predicted octanol–water partition coefficient (Wildman–Crippen LogP) is 3.54. The highest BCUT2D eigenvalue weighted by atomic mass is 16.5. The topological polar surface area (TPSA) is 38.5 Å². The van der Waals surface area contributed by atoms with Gasteiger partial charge in [-0.05, 0) is 32.8 Å². The van der Waals surface area contributed by atoms with Gasteiger partial charge in [0.2, 0.25) is 0 Å². The summed E-state index contributed by atoms with van der Waals surface area (Å²) in [5, 5.41) is 0.